The molecule has 0 saturated carbocycles. The number of rotatable bonds is 6. The monoisotopic (exact) mass is 306 g/mol. The predicted octanol–water partition coefficient (Wildman–Crippen LogP) is 0.185. The molecule has 0 radical (unpaired) electrons. The maximum atomic E-state index is 11.8. The summed E-state index contributed by atoms with van der Waals surface area (Å²) in [5.74, 6) is -0.138. The van der Waals surface area contributed by atoms with E-state index in [1.54, 1.807) is 19.2 Å². The van der Waals surface area contributed by atoms with Crippen LogP contribution in [0.2, 0.25) is 5.02 Å². The zero-order valence-electron chi connectivity index (χ0n) is 10.3. The molecular formula is C10H15ClN4O3S. The lowest BCUT2D eigenvalue weighted by Gasteiger charge is -2.07. The van der Waals surface area contributed by atoms with Gasteiger partial charge in [0.25, 0.3) is 5.91 Å². The highest BCUT2D eigenvalue weighted by Crippen LogP contribution is 2.16. The SMILES string of the molecule is CNc1ccc(Cl)c(C(=O)NCCCS(N)(=O)=O)n1. The van der Waals surface area contributed by atoms with Gasteiger partial charge in [-0.15, -0.1) is 0 Å². The number of hydrogen-bond acceptors (Lipinski definition) is 5. The van der Waals surface area contributed by atoms with Crippen molar-refractivity contribution in [2.24, 2.45) is 5.14 Å². The van der Waals surface area contributed by atoms with Crippen LogP contribution in [-0.4, -0.2) is 38.7 Å². The third-order valence-electron chi connectivity index (χ3n) is 2.21. The van der Waals surface area contributed by atoms with Gasteiger partial charge in [0.05, 0.1) is 10.8 Å². The van der Waals surface area contributed by atoms with Gasteiger partial charge in [-0.2, -0.15) is 0 Å². The van der Waals surface area contributed by atoms with E-state index in [-0.39, 0.29) is 29.4 Å². The fraction of sp³-hybridized carbons (Fsp3) is 0.400. The highest BCUT2D eigenvalue weighted by Gasteiger charge is 2.12. The summed E-state index contributed by atoms with van der Waals surface area (Å²) < 4.78 is 21.4. The molecule has 0 spiro atoms. The van der Waals surface area contributed by atoms with Crippen molar-refractivity contribution in [3.63, 3.8) is 0 Å². The van der Waals surface area contributed by atoms with E-state index >= 15 is 0 Å². The Hall–Kier alpha value is -1.38. The van der Waals surface area contributed by atoms with Gasteiger partial charge in [0.2, 0.25) is 10.0 Å². The van der Waals surface area contributed by atoms with Crippen molar-refractivity contribution in [1.82, 2.24) is 10.3 Å². The van der Waals surface area contributed by atoms with Gasteiger partial charge < -0.3 is 10.6 Å². The number of hydrogen-bond donors (Lipinski definition) is 3. The lowest BCUT2D eigenvalue weighted by Crippen LogP contribution is -2.28. The van der Waals surface area contributed by atoms with E-state index in [0.29, 0.717) is 5.82 Å². The fourth-order valence-electron chi connectivity index (χ4n) is 1.30. The van der Waals surface area contributed by atoms with Crippen LogP contribution in [0.4, 0.5) is 5.82 Å². The first-order chi connectivity index (χ1) is 8.83. The molecule has 0 aliphatic rings. The number of carbonyl (C=O) groups is 1. The maximum absolute atomic E-state index is 11.8. The minimum absolute atomic E-state index is 0.0872. The molecule has 4 N–H and O–H groups in total. The summed E-state index contributed by atoms with van der Waals surface area (Å²) in [5.41, 5.74) is 0.0872. The number of carbonyl (C=O) groups excluding carboxylic acids is 1. The average molecular weight is 307 g/mol. The maximum Gasteiger partial charge on any atom is 0.271 e. The van der Waals surface area contributed by atoms with Crippen molar-refractivity contribution >= 4 is 33.3 Å². The molecule has 0 aromatic carbocycles. The average Bonchev–Trinajstić information content (AvgIpc) is 2.34. The Morgan fingerprint density at radius 2 is 2.16 bits per heavy atom. The Labute approximate surface area is 116 Å². The van der Waals surface area contributed by atoms with Crippen LogP contribution in [0, 0.1) is 0 Å². The van der Waals surface area contributed by atoms with Crippen LogP contribution in [0.25, 0.3) is 0 Å². The van der Waals surface area contributed by atoms with Crippen molar-refractivity contribution in [2.75, 3.05) is 24.7 Å². The van der Waals surface area contributed by atoms with E-state index in [2.05, 4.69) is 15.6 Å². The first-order valence-electron chi connectivity index (χ1n) is 5.46. The van der Waals surface area contributed by atoms with Gasteiger partial charge in [-0.1, -0.05) is 11.6 Å². The zero-order valence-corrected chi connectivity index (χ0v) is 11.9. The highest BCUT2D eigenvalue weighted by molar-refractivity contribution is 7.89. The van der Waals surface area contributed by atoms with Crippen LogP contribution in [0.1, 0.15) is 16.9 Å². The number of nitrogens with one attached hydrogen (secondary N) is 2. The zero-order chi connectivity index (χ0) is 14.5. The van der Waals surface area contributed by atoms with Gasteiger partial charge in [-0.3, -0.25) is 4.79 Å². The van der Waals surface area contributed by atoms with Crippen molar-refractivity contribution < 1.29 is 13.2 Å². The lowest BCUT2D eigenvalue weighted by atomic mass is 10.3. The van der Waals surface area contributed by atoms with Crippen molar-refractivity contribution in [1.29, 1.82) is 0 Å². The molecule has 0 aliphatic carbocycles. The van der Waals surface area contributed by atoms with Crippen LogP contribution in [0.5, 0.6) is 0 Å². The summed E-state index contributed by atoms with van der Waals surface area (Å²) in [5, 5.41) is 10.4. The number of pyridine rings is 1. The second-order valence-electron chi connectivity index (χ2n) is 3.75. The molecule has 0 unspecified atom stereocenters. The number of aromatic nitrogens is 1. The third kappa shape index (κ3) is 5.41. The van der Waals surface area contributed by atoms with E-state index in [1.165, 1.54) is 0 Å². The second-order valence-corrected chi connectivity index (χ2v) is 5.89. The molecule has 1 aromatic rings. The van der Waals surface area contributed by atoms with E-state index in [0.717, 1.165) is 0 Å². The number of halogens is 1. The highest BCUT2D eigenvalue weighted by atomic mass is 35.5. The van der Waals surface area contributed by atoms with Crippen molar-refractivity contribution in [3.8, 4) is 0 Å². The van der Waals surface area contributed by atoms with Gasteiger partial charge in [0.15, 0.2) is 0 Å². The molecule has 19 heavy (non-hydrogen) atoms. The summed E-state index contributed by atoms with van der Waals surface area (Å²) >= 11 is 5.87. The molecule has 9 heteroatoms. The van der Waals surface area contributed by atoms with E-state index in [1.807, 2.05) is 0 Å². The van der Waals surface area contributed by atoms with E-state index in [9.17, 15) is 13.2 Å². The molecule has 1 rings (SSSR count). The quantitative estimate of drug-likeness (QED) is 0.649. The Bertz CT molecular complexity index is 562. The summed E-state index contributed by atoms with van der Waals surface area (Å²) in [6, 6.07) is 3.19. The number of primary sulfonamides is 1. The minimum Gasteiger partial charge on any atom is -0.373 e. The Kier molecular flexibility index (Phi) is 5.52. The van der Waals surface area contributed by atoms with Crippen LogP contribution in [0.15, 0.2) is 12.1 Å². The fourth-order valence-corrected chi connectivity index (χ4v) is 2.04. The number of nitrogens with two attached hydrogens (primary N) is 1. The van der Waals surface area contributed by atoms with Crippen molar-refractivity contribution in [3.05, 3.63) is 22.8 Å². The molecule has 1 heterocycles. The number of anilines is 1. The molecule has 106 valence electrons. The summed E-state index contributed by atoms with van der Waals surface area (Å²) in [4.78, 5) is 15.8. The van der Waals surface area contributed by atoms with Crippen LogP contribution in [-0.2, 0) is 10.0 Å². The first-order valence-corrected chi connectivity index (χ1v) is 7.56. The van der Waals surface area contributed by atoms with Crippen LogP contribution < -0.4 is 15.8 Å². The Morgan fingerprint density at radius 3 is 2.74 bits per heavy atom. The Morgan fingerprint density at radius 1 is 1.47 bits per heavy atom. The molecule has 1 aromatic heterocycles. The number of sulfonamides is 1. The molecule has 1 amide bonds. The van der Waals surface area contributed by atoms with E-state index in [4.69, 9.17) is 16.7 Å². The summed E-state index contributed by atoms with van der Waals surface area (Å²) in [6.45, 7) is 0.178. The van der Waals surface area contributed by atoms with Gasteiger partial charge >= 0.3 is 0 Å². The minimum atomic E-state index is -3.51. The number of amides is 1. The summed E-state index contributed by atoms with van der Waals surface area (Å²) in [6.07, 6.45) is 0.230. The van der Waals surface area contributed by atoms with Crippen molar-refractivity contribution in [2.45, 2.75) is 6.42 Å². The standard InChI is InChI=1S/C10H15ClN4O3S/c1-13-8-4-3-7(11)9(15-8)10(16)14-5-2-6-19(12,17)18/h3-4H,2,5-6H2,1H3,(H,13,15)(H,14,16)(H2,12,17,18). The molecule has 0 saturated heterocycles. The van der Waals surface area contributed by atoms with Gasteiger partial charge in [-0.25, -0.2) is 18.5 Å². The Balaban J connectivity index is 2.58. The second kappa shape index (κ2) is 6.69. The largest absolute Gasteiger partial charge is 0.373 e. The molecular weight excluding hydrogens is 292 g/mol. The smallest absolute Gasteiger partial charge is 0.271 e. The number of nitrogens with zero attached hydrogens (tertiary/aromatic N) is 1. The topological polar surface area (TPSA) is 114 Å². The predicted molar refractivity (Wildman–Crippen MR) is 73.7 cm³/mol. The molecule has 0 bridgehead atoms. The molecule has 0 atom stereocenters. The molecule has 0 fully saturated rings. The van der Waals surface area contributed by atoms with Gasteiger partial charge in [0.1, 0.15) is 11.5 Å². The van der Waals surface area contributed by atoms with Gasteiger partial charge in [-0.05, 0) is 18.6 Å². The van der Waals surface area contributed by atoms with Crippen LogP contribution in [0.3, 0.4) is 0 Å². The normalized spacial score (nSPS) is 11.1. The van der Waals surface area contributed by atoms with Gasteiger partial charge in [0, 0.05) is 13.6 Å². The first kappa shape index (κ1) is 15.7. The van der Waals surface area contributed by atoms with E-state index < -0.39 is 15.9 Å². The molecule has 7 nitrogen and oxygen atoms in total. The van der Waals surface area contributed by atoms with Crippen LogP contribution >= 0.6 is 11.6 Å². The summed E-state index contributed by atoms with van der Waals surface area (Å²) in [7, 11) is -1.84. The molecule has 0 aliphatic heterocycles. The lowest BCUT2D eigenvalue weighted by molar-refractivity contribution is 0.0949. The third-order valence-corrected chi connectivity index (χ3v) is 3.37.